The van der Waals surface area contributed by atoms with Gasteiger partial charge in [0.25, 0.3) is 0 Å². The Balaban J connectivity index is 2.31. The molecule has 0 aliphatic carbocycles. The van der Waals surface area contributed by atoms with Gasteiger partial charge in [-0.2, -0.15) is 0 Å². The summed E-state index contributed by atoms with van der Waals surface area (Å²) in [6, 6.07) is 13.9. The molecule has 110 valence electrons. The first-order valence-electron chi connectivity index (χ1n) is 7.63. The van der Waals surface area contributed by atoms with E-state index >= 15 is 0 Å². The summed E-state index contributed by atoms with van der Waals surface area (Å²) in [5, 5.41) is 2.82. The average molecular weight is 296 g/mol. The van der Waals surface area contributed by atoms with E-state index in [1.165, 1.54) is 31.3 Å². The molecule has 1 aromatic heterocycles. The van der Waals surface area contributed by atoms with Crippen molar-refractivity contribution in [1.29, 1.82) is 0 Å². The van der Waals surface area contributed by atoms with Crippen molar-refractivity contribution in [1.82, 2.24) is 0 Å². The maximum atomic E-state index is 2.39. The number of rotatable bonds is 0. The Morgan fingerprint density at radius 3 is 1.33 bits per heavy atom. The SMILES string of the molecule is CC(C)(C)c1ccc2sc3ccc(C(C)(C)C)cc3c2c1. The fraction of sp³-hybridized carbons (Fsp3) is 0.400. The topological polar surface area (TPSA) is 0 Å². The molecule has 1 heteroatoms. The van der Waals surface area contributed by atoms with Gasteiger partial charge in [-0.3, -0.25) is 0 Å². The highest BCUT2D eigenvalue weighted by Gasteiger charge is 2.18. The fourth-order valence-corrected chi connectivity index (χ4v) is 3.78. The van der Waals surface area contributed by atoms with Crippen LogP contribution in [0.15, 0.2) is 36.4 Å². The molecule has 0 aliphatic rings. The maximum Gasteiger partial charge on any atom is 0.0355 e. The van der Waals surface area contributed by atoms with Crippen LogP contribution in [0.3, 0.4) is 0 Å². The first-order chi connectivity index (χ1) is 9.66. The zero-order valence-electron chi connectivity index (χ0n) is 13.9. The number of benzene rings is 2. The molecule has 3 aromatic rings. The van der Waals surface area contributed by atoms with Crippen LogP contribution < -0.4 is 0 Å². The summed E-state index contributed by atoms with van der Waals surface area (Å²) in [5.74, 6) is 0. The second-order valence-corrected chi connectivity index (χ2v) is 9.11. The third-order valence-electron chi connectivity index (χ3n) is 4.20. The number of hydrogen-bond donors (Lipinski definition) is 0. The molecule has 0 nitrogen and oxygen atoms in total. The van der Waals surface area contributed by atoms with Crippen molar-refractivity contribution >= 4 is 31.5 Å². The molecule has 0 bridgehead atoms. The molecule has 3 rings (SSSR count). The van der Waals surface area contributed by atoms with Crippen LogP contribution in [0.4, 0.5) is 0 Å². The van der Waals surface area contributed by atoms with E-state index in [1.807, 2.05) is 11.3 Å². The van der Waals surface area contributed by atoms with E-state index in [1.54, 1.807) is 0 Å². The molecule has 0 aliphatic heterocycles. The zero-order valence-corrected chi connectivity index (χ0v) is 14.7. The van der Waals surface area contributed by atoms with E-state index in [9.17, 15) is 0 Å². The summed E-state index contributed by atoms with van der Waals surface area (Å²) in [5.41, 5.74) is 3.22. The number of fused-ring (bicyclic) bond motifs is 3. The smallest absolute Gasteiger partial charge is 0.0355 e. The van der Waals surface area contributed by atoms with Crippen molar-refractivity contribution in [2.45, 2.75) is 52.4 Å². The molecule has 0 amide bonds. The first kappa shape index (κ1) is 14.6. The third-order valence-corrected chi connectivity index (χ3v) is 5.35. The average Bonchev–Trinajstić information content (AvgIpc) is 2.73. The van der Waals surface area contributed by atoms with Crippen LogP contribution in [0.1, 0.15) is 52.7 Å². The van der Waals surface area contributed by atoms with Crippen molar-refractivity contribution in [3.63, 3.8) is 0 Å². The van der Waals surface area contributed by atoms with Gasteiger partial charge in [0.05, 0.1) is 0 Å². The van der Waals surface area contributed by atoms with Crippen molar-refractivity contribution in [3.8, 4) is 0 Å². The van der Waals surface area contributed by atoms with Gasteiger partial charge in [-0.25, -0.2) is 0 Å². The fourth-order valence-electron chi connectivity index (χ4n) is 2.71. The Hall–Kier alpha value is -1.34. The van der Waals surface area contributed by atoms with Crippen LogP contribution in [0.25, 0.3) is 20.2 Å². The Morgan fingerprint density at radius 2 is 1.00 bits per heavy atom. The molecule has 0 N–H and O–H groups in total. The van der Waals surface area contributed by atoms with Crippen LogP contribution in [0, 0.1) is 0 Å². The van der Waals surface area contributed by atoms with Crippen LogP contribution in [0.2, 0.25) is 0 Å². The van der Waals surface area contributed by atoms with E-state index < -0.39 is 0 Å². The highest BCUT2D eigenvalue weighted by atomic mass is 32.1. The van der Waals surface area contributed by atoms with Crippen molar-refractivity contribution in [3.05, 3.63) is 47.5 Å². The van der Waals surface area contributed by atoms with E-state index in [-0.39, 0.29) is 10.8 Å². The molecule has 1 heterocycles. The summed E-state index contributed by atoms with van der Waals surface area (Å²) in [6.45, 7) is 13.7. The highest BCUT2D eigenvalue weighted by molar-refractivity contribution is 7.25. The molecule has 2 aromatic carbocycles. The Kier molecular flexibility index (Phi) is 3.18. The van der Waals surface area contributed by atoms with Gasteiger partial charge in [-0.15, -0.1) is 11.3 Å². The van der Waals surface area contributed by atoms with Crippen LogP contribution in [-0.2, 0) is 10.8 Å². The molecule has 0 saturated heterocycles. The van der Waals surface area contributed by atoms with Gasteiger partial charge in [-0.1, -0.05) is 53.7 Å². The normalized spacial score (nSPS) is 13.2. The van der Waals surface area contributed by atoms with Crippen LogP contribution in [0.5, 0.6) is 0 Å². The molecular weight excluding hydrogens is 272 g/mol. The molecule has 0 atom stereocenters. The predicted octanol–water partition coefficient (Wildman–Crippen LogP) is 6.65. The molecule has 0 spiro atoms. The lowest BCUT2D eigenvalue weighted by Crippen LogP contribution is -2.10. The van der Waals surface area contributed by atoms with Gasteiger partial charge in [0, 0.05) is 20.2 Å². The maximum absolute atomic E-state index is 2.39. The Morgan fingerprint density at radius 1 is 0.619 bits per heavy atom. The second kappa shape index (κ2) is 4.58. The quantitative estimate of drug-likeness (QED) is 0.435. The number of hydrogen-bond acceptors (Lipinski definition) is 1. The van der Waals surface area contributed by atoms with E-state index in [0.717, 1.165) is 0 Å². The summed E-state index contributed by atoms with van der Waals surface area (Å²) < 4.78 is 2.79. The van der Waals surface area contributed by atoms with E-state index in [4.69, 9.17) is 0 Å². The molecule has 0 unspecified atom stereocenters. The lowest BCUT2D eigenvalue weighted by atomic mass is 9.85. The highest BCUT2D eigenvalue weighted by Crippen LogP contribution is 2.38. The largest absolute Gasteiger partial charge is 0.135 e. The van der Waals surface area contributed by atoms with Crippen LogP contribution in [-0.4, -0.2) is 0 Å². The molecule has 0 fully saturated rings. The van der Waals surface area contributed by atoms with Gasteiger partial charge in [0.15, 0.2) is 0 Å². The molecule has 21 heavy (non-hydrogen) atoms. The minimum atomic E-state index is 0.198. The van der Waals surface area contributed by atoms with Crippen molar-refractivity contribution in [2.75, 3.05) is 0 Å². The first-order valence-corrected chi connectivity index (χ1v) is 8.45. The second-order valence-electron chi connectivity index (χ2n) is 8.02. The monoisotopic (exact) mass is 296 g/mol. The summed E-state index contributed by atoms with van der Waals surface area (Å²) in [4.78, 5) is 0. The van der Waals surface area contributed by atoms with E-state index in [2.05, 4.69) is 77.9 Å². The summed E-state index contributed by atoms with van der Waals surface area (Å²) in [7, 11) is 0. The standard InChI is InChI=1S/C20H24S/c1-19(2,3)13-7-9-17-15(11-13)16-12-14(20(4,5)6)8-10-18(16)21-17/h7-12H,1-6H3. The molecule has 0 radical (unpaired) electrons. The number of thiophene rings is 1. The summed E-state index contributed by atoms with van der Waals surface area (Å²) >= 11 is 1.90. The third kappa shape index (κ3) is 2.60. The van der Waals surface area contributed by atoms with Crippen LogP contribution >= 0.6 is 11.3 Å². The Labute approximate surface area is 131 Å². The van der Waals surface area contributed by atoms with Gasteiger partial charge in [0.2, 0.25) is 0 Å². The van der Waals surface area contributed by atoms with Gasteiger partial charge in [-0.05, 0) is 46.2 Å². The lowest BCUT2D eigenvalue weighted by molar-refractivity contribution is 0.590. The van der Waals surface area contributed by atoms with Gasteiger partial charge < -0.3 is 0 Å². The zero-order chi connectivity index (χ0) is 15.4. The van der Waals surface area contributed by atoms with Crippen molar-refractivity contribution < 1.29 is 0 Å². The van der Waals surface area contributed by atoms with E-state index in [0.29, 0.717) is 0 Å². The lowest BCUT2D eigenvalue weighted by Gasteiger charge is -2.20. The van der Waals surface area contributed by atoms with Crippen molar-refractivity contribution in [2.24, 2.45) is 0 Å². The summed E-state index contributed by atoms with van der Waals surface area (Å²) in [6.07, 6.45) is 0. The minimum Gasteiger partial charge on any atom is -0.135 e. The van der Waals surface area contributed by atoms with Gasteiger partial charge in [0.1, 0.15) is 0 Å². The molecule has 0 saturated carbocycles. The minimum absolute atomic E-state index is 0.198. The van der Waals surface area contributed by atoms with Gasteiger partial charge >= 0.3 is 0 Å². The Bertz CT molecular complexity index is 739. The predicted molar refractivity (Wildman–Crippen MR) is 96.7 cm³/mol. The molecular formula is C20H24S.